The first-order valence-corrected chi connectivity index (χ1v) is 8.19. The highest BCUT2D eigenvalue weighted by Crippen LogP contribution is 2.24. The summed E-state index contributed by atoms with van der Waals surface area (Å²) in [5.74, 6) is 0.827. The van der Waals surface area contributed by atoms with Gasteiger partial charge >= 0.3 is 0 Å². The highest BCUT2D eigenvalue weighted by molar-refractivity contribution is 5.38. The second-order valence-electron chi connectivity index (χ2n) is 6.01. The third-order valence-corrected chi connectivity index (χ3v) is 4.27. The van der Waals surface area contributed by atoms with Crippen molar-refractivity contribution in [1.29, 1.82) is 0 Å². The van der Waals surface area contributed by atoms with Crippen molar-refractivity contribution in [2.24, 2.45) is 0 Å². The fraction of sp³-hybridized carbons (Fsp3) is 0.400. The van der Waals surface area contributed by atoms with Crippen LogP contribution in [-0.2, 0) is 11.3 Å². The number of hydrogen-bond acceptors (Lipinski definition) is 4. The van der Waals surface area contributed by atoms with Crippen molar-refractivity contribution in [2.75, 3.05) is 20.8 Å². The topological polar surface area (TPSA) is 50.7 Å². The van der Waals surface area contributed by atoms with Crippen LogP contribution in [0.3, 0.4) is 0 Å². The van der Waals surface area contributed by atoms with Gasteiger partial charge in [-0.3, -0.25) is 0 Å². The molecule has 0 spiro atoms. The highest BCUT2D eigenvalue weighted by atomic mass is 16.5. The molecular weight excluding hydrogens is 302 g/mol. The van der Waals surface area contributed by atoms with Crippen LogP contribution in [0.4, 0.5) is 0 Å². The number of hydrogen-bond donors (Lipinski definition) is 2. The van der Waals surface area contributed by atoms with Crippen LogP contribution < -0.4 is 10.1 Å². The Labute approximate surface area is 144 Å². The molecule has 0 fully saturated rings. The number of aliphatic hydroxyl groups is 1. The van der Waals surface area contributed by atoms with Crippen molar-refractivity contribution in [1.82, 2.24) is 5.32 Å². The van der Waals surface area contributed by atoms with Gasteiger partial charge in [0.15, 0.2) is 0 Å². The predicted octanol–water partition coefficient (Wildman–Crippen LogP) is 3.53. The number of rotatable bonds is 8. The quantitative estimate of drug-likeness (QED) is 0.778. The second kappa shape index (κ2) is 8.83. The Balaban J connectivity index is 2.03. The molecule has 0 aliphatic rings. The molecule has 4 nitrogen and oxygen atoms in total. The highest BCUT2D eigenvalue weighted by Gasteiger charge is 2.13. The Morgan fingerprint density at radius 1 is 1.12 bits per heavy atom. The second-order valence-corrected chi connectivity index (χ2v) is 6.01. The van der Waals surface area contributed by atoms with Gasteiger partial charge in [0, 0.05) is 25.3 Å². The van der Waals surface area contributed by atoms with Crippen LogP contribution in [0, 0.1) is 6.92 Å². The molecule has 2 atom stereocenters. The minimum Gasteiger partial charge on any atom is -0.496 e. The molecule has 0 bridgehead atoms. The average Bonchev–Trinajstić information content (AvgIpc) is 2.60. The monoisotopic (exact) mass is 329 g/mol. The third-order valence-electron chi connectivity index (χ3n) is 4.27. The standard InChI is InChI=1S/C20H27NO3/c1-14-7-5-6-8-18(14)19(22)12-21-15(2)16-9-10-20(24-4)17(11-16)13-23-3/h5-11,15,19,21-22H,12-13H2,1-4H3. The van der Waals surface area contributed by atoms with E-state index in [2.05, 4.69) is 18.3 Å². The van der Waals surface area contributed by atoms with Gasteiger partial charge in [0.05, 0.1) is 19.8 Å². The van der Waals surface area contributed by atoms with Crippen molar-refractivity contribution in [3.05, 3.63) is 64.7 Å². The number of benzene rings is 2. The van der Waals surface area contributed by atoms with Crippen molar-refractivity contribution < 1.29 is 14.6 Å². The summed E-state index contributed by atoms with van der Waals surface area (Å²) < 4.78 is 10.6. The first-order valence-electron chi connectivity index (χ1n) is 8.19. The maximum absolute atomic E-state index is 10.4. The summed E-state index contributed by atoms with van der Waals surface area (Å²) in [5.41, 5.74) is 4.23. The van der Waals surface area contributed by atoms with Gasteiger partial charge in [-0.25, -0.2) is 0 Å². The van der Waals surface area contributed by atoms with E-state index >= 15 is 0 Å². The Morgan fingerprint density at radius 2 is 1.88 bits per heavy atom. The van der Waals surface area contributed by atoms with Crippen molar-refractivity contribution in [2.45, 2.75) is 32.6 Å². The van der Waals surface area contributed by atoms with E-state index in [1.54, 1.807) is 14.2 Å². The average molecular weight is 329 g/mol. The molecule has 0 heterocycles. The zero-order valence-corrected chi connectivity index (χ0v) is 14.9. The normalized spacial score (nSPS) is 13.5. The zero-order chi connectivity index (χ0) is 17.5. The molecule has 0 saturated carbocycles. The minimum absolute atomic E-state index is 0.116. The Hall–Kier alpha value is -1.88. The smallest absolute Gasteiger partial charge is 0.124 e. The molecular formula is C20H27NO3. The van der Waals surface area contributed by atoms with E-state index in [-0.39, 0.29) is 6.04 Å². The van der Waals surface area contributed by atoms with Gasteiger partial charge in [0.2, 0.25) is 0 Å². The number of methoxy groups -OCH3 is 2. The Bertz CT molecular complexity index is 657. The van der Waals surface area contributed by atoms with Gasteiger partial charge in [-0.05, 0) is 42.7 Å². The van der Waals surface area contributed by atoms with E-state index in [0.29, 0.717) is 13.2 Å². The summed E-state index contributed by atoms with van der Waals surface area (Å²) in [6, 6.07) is 14.1. The maximum atomic E-state index is 10.4. The van der Waals surface area contributed by atoms with Crippen LogP contribution in [0.15, 0.2) is 42.5 Å². The first kappa shape index (κ1) is 18.5. The molecule has 130 valence electrons. The zero-order valence-electron chi connectivity index (χ0n) is 14.9. The molecule has 24 heavy (non-hydrogen) atoms. The van der Waals surface area contributed by atoms with Crippen molar-refractivity contribution >= 4 is 0 Å². The number of aliphatic hydroxyl groups excluding tert-OH is 1. The summed E-state index contributed by atoms with van der Waals surface area (Å²) in [4.78, 5) is 0. The minimum atomic E-state index is -0.523. The molecule has 4 heteroatoms. The van der Waals surface area contributed by atoms with Crippen molar-refractivity contribution in [3.63, 3.8) is 0 Å². The van der Waals surface area contributed by atoms with E-state index < -0.39 is 6.10 Å². The van der Waals surface area contributed by atoms with Gasteiger partial charge in [0.25, 0.3) is 0 Å². The van der Waals surface area contributed by atoms with Crippen LogP contribution in [0.1, 0.15) is 41.3 Å². The molecule has 2 unspecified atom stereocenters. The summed E-state index contributed by atoms with van der Waals surface area (Å²) in [6.07, 6.45) is -0.523. The third kappa shape index (κ3) is 4.57. The van der Waals surface area contributed by atoms with Gasteiger partial charge < -0.3 is 19.9 Å². The van der Waals surface area contributed by atoms with E-state index in [1.165, 1.54) is 0 Å². The lowest BCUT2D eigenvalue weighted by Gasteiger charge is -2.20. The van der Waals surface area contributed by atoms with E-state index in [4.69, 9.17) is 9.47 Å². The Morgan fingerprint density at radius 3 is 2.54 bits per heavy atom. The lowest BCUT2D eigenvalue weighted by Crippen LogP contribution is -2.25. The molecule has 0 aliphatic carbocycles. The maximum Gasteiger partial charge on any atom is 0.124 e. The summed E-state index contributed by atoms with van der Waals surface area (Å²) in [6.45, 7) is 5.11. The van der Waals surface area contributed by atoms with Gasteiger partial charge in [-0.15, -0.1) is 0 Å². The summed E-state index contributed by atoms with van der Waals surface area (Å²) in [7, 11) is 3.33. The van der Waals surface area contributed by atoms with Crippen LogP contribution >= 0.6 is 0 Å². The lowest BCUT2D eigenvalue weighted by molar-refractivity contribution is 0.170. The van der Waals surface area contributed by atoms with Crippen LogP contribution in [-0.4, -0.2) is 25.9 Å². The van der Waals surface area contributed by atoms with Gasteiger partial charge in [-0.2, -0.15) is 0 Å². The molecule has 2 N–H and O–H groups in total. The van der Waals surface area contributed by atoms with E-state index in [1.807, 2.05) is 43.3 Å². The Kier molecular flexibility index (Phi) is 6.79. The summed E-state index contributed by atoms with van der Waals surface area (Å²) in [5, 5.41) is 13.8. The SMILES string of the molecule is COCc1cc(C(C)NCC(O)c2ccccc2C)ccc1OC. The molecule has 0 radical (unpaired) electrons. The predicted molar refractivity (Wildman–Crippen MR) is 96.3 cm³/mol. The number of nitrogens with one attached hydrogen (secondary N) is 1. The fourth-order valence-electron chi connectivity index (χ4n) is 2.81. The molecule has 2 aromatic rings. The van der Waals surface area contributed by atoms with Crippen LogP contribution in [0.5, 0.6) is 5.75 Å². The fourth-order valence-corrected chi connectivity index (χ4v) is 2.81. The molecule has 0 aliphatic heterocycles. The largest absolute Gasteiger partial charge is 0.496 e. The van der Waals surface area contributed by atoms with Crippen LogP contribution in [0.2, 0.25) is 0 Å². The molecule has 0 amide bonds. The molecule has 0 aromatic heterocycles. The molecule has 2 aromatic carbocycles. The van der Waals surface area contributed by atoms with Gasteiger partial charge in [0.1, 0.15) is 5.75 Å². The van der Waals surface area contributed by atoms with Crippen LogP contribution in [0.25, 0.3) is 0 Å². The molecule has 0 saturated heterocycles. The lowest BCUT2D eigenvalue weighted by atomic mass is 10.0. The summed E-state index contributed by atoms with van der Waals surface area (Å²) >= 11 is 0. The number of aryl methyl sites for hydroxylation is 1. The molecule has 2 rings (SSSR count). The van der Waals surface area contributed by atoms with E-state index in [9.17, 15) is 5.11 Å². The first-order chi connectivity index (χ1) is 11.6. The van der Waals surface area contributed by atoms with Gasteiger partial charge in [-0.1, -0.05) is 30.3 Å². The van der Waals surface area contributed by atoms with E-state index in [0.717, 1.165) is 28.0 Å². The van der Waals surface area contributed by atoms with Crippen molar-refractivity contribution in [3.8, 4) is 5.75 Å². The number of ether oxygens (including phenoxy) is 2.